The van der Waals surface area contributed by atoms with Crippen LogP contribution in [0, 0.1) is 17.8 Å². The van der Waals surface area contributed by atoms with E-state index in [1.165, 1.54) is 25.7 Å². The van der Waals surface area contributed by atoms with Gasteiger partial charge in [0.1, 0.15) is 0 Å². The Morgan fingerprint density at radius 3 is 2.84 bits per heavy atom. The normalized spacial score (nSPS) is 30.6. The van der Waals surface area contributed by atoms with Gasteiger partial charge in [-0.05, 0) is 59.9 Å². The van der Waals surface area contributed by atoms with Crippen molar-refractivity contribution in [3.63, 3.8) is 0 Å². The molecule has 0 aromatic carbocycles. The van der Waals surface area contributed by atoms with Crippen molar-refractivity contribution in [1.29, 1.82) is 0 Å². The largest absolute Gasteiger partial charge is 0.348 e. The van der Waals surface area contributed by atoms with Crippen molar-refractivity contribution in [3.8, 4) is 0 Å². The van der Waals surface area contributed by atoms with Crippen LogP contribution >= 0.6 is 15.9 Å². The van der Waals surface area contributed by atoms with Gasteiger partial charge >= 0.3 is 0 Å². The van der Waals surface area contributed by atoms with Crippen molar-refractivity contribution in [2.75, 3.05) is 0 Å². The number of aryl methyl sites for hydroxylation is 1. The Labute approximate surface area is 122 Å². The van der Waals surface area contributed by atoms with Gasteiger partial charge in [-0.2, -0.15) is 5.10 Å². The summed E-state index contributed by atoms with van der Waals surface area (Å²) in [4.78, 5) is 12.2. The number of carbonyl (C=O) groups is 1. The summed E-state index contributed by atoms with van der Waals surface area (Å²) < 4.78 is 2.41. The van der Waals surface area contributed by atoms with Crippen molar-refractivity contribution in [2.45, 2.75) is 38.6 Å². The van der Waals surface area contributed by atoms with E-state index in [4.69, 9.17) is 0 Å². The molecule has 4 nitrogen and oxygen atoms in total. The maximum Gasteiger partial charge on any atom is 0.273 e. The minimum atomic E-state index is -0.0669. The number of nitrogens with one attached hydrogen (secondary N) is 1. The van der Waals surface area contributed by atoms with E-state index in [9.17, 15) is 4.79 Å². The molecule has 1 heterocycles. The first-order chi connectivity index (χ1) is 9.04. The SMILES string of the molecule is C[C@@H](NC(=O)c1nn(C)cc1Br)[C@@H]1C[C@H]2CC[C@H]1C2. The molecule has 2 aliphatic carbocycles. The molecule has 19 heavy (non-hydrogen) atoms. The lowest BCUT2D eigenvalue weighted by Gasteiger charge is -2.28. The number of hydrogen-bond donors (Lipinski definition) is 1. The zero-order valence-corrected chi connectivity index (χ0v) is 13.0. The van der Waals surface area contributed by atoms with Gasteiger partial charge in [-0.25, -0.2) is 0 Å². The summed E-state index contributed by atoms with van der Waals surface area (Å²) >= 11 is 3.38. The molecule has 2 saturated carbocycles. The van der Waals surface area contributed by atoms with Gasteiger partial charge in [-0.15, -0.1) is 0 Å². The second-order valence-corrected chi connectivity index (χ2v) is 6.95. The number of aromatic nitrogens is 2. The number of amides is 1. The predicted molar refractivity (Wildman–Crippen MR) is 76.8 cm³/mol. The van der Waals surface area contributed by atoms with Crippen LogP contribution in [0.1, 0.15) is 43.1 Å². The van der Waals surface area contributed by atoms with E-state index >= 15 is 0 Å². The van der Waals surface area contributed by atoms with Crippen LogP contribution in [0.3, 0.4) is 0 Å². The van der Waals surface area contributed by atoms with Gasteiger partial charge < -0.3 is 5.32 Å². The smallest absolute Gasteiger partial charge is 0.273 e. The molecule has 0 radical (unpaired) electrons. The maximum absolute atomic E-state index is 12.2. The quantitative estimate of drug-likeness (QED) is 0.928. The van der Waals surface area contributed by atoms with E-state index < -0.39 is 0 Å². The van der Waals surface area contributed by atoms with Crippen molar-refractivity contribution in [2.24, 2.45) is 24.8 Å². The Balaban J connectivity index is 1.65. The Bertz CT molecular complexity index is 499. The number of hydrogen-bond acceptors (Lipinski definition) is 2. The van der Waals surface area contributed by atoms with Crippen LogP contribution in [-0.4, -0.2) is 21.7 Å². The Hall–Kier alpha value is -0.840. The van der Waals surface area contributed by atoms with Crippen molar-refractivity contribution in [1.82, 2.24) is 15.1 Å². The van der Waals surface area contributed by atoms with E-state index in [0.29, 0.717) is 11.6 Å². The third-order valence-electron chi connectivity index (χ3n) is 4.79. The Kier molecular flexibility index (Phi) is 3.41. The molecule has 1 N–H and O–H groups in total. The van der Waals surface area contributed by atoms with E-state index in [2.05, 4.69) is 33.3 Å². The minimum absolute atomic E-state index is 0.0669. The lowest BCUT2D eigenvalue weighted by atomic mass is 9.84. The second kappa shape index (κ2) is 4.93. The predicted octanol–water partition coefficient (Wildman–Crippen LogP) is 2.74. The fraction of sp³-hybridized carbons (Fsp3) is 0.714. The minimum Gasteiger partial charge on any atom is -0.348 e. The lowest BCUT2D eigenvalue weighted by molar-refractivity contribution is 0.0908. The van der Waals surface area contributed by atoms with Crippen LogP contribution < -0.4 is 5.32 Å². The average molecular weight is 326 g/mol. The Morgan fingerprint density at radius 1 is 1.53 bits per heavy atom. The monoisotopic (exact) mass is 325 g/mol. The van der Waals surface area contributed by atoms with Crippen molar-refractivity contribution in [3.05, 3.63) is 16.4 Å². The molecule has 0 spiro atoms. The molecule has 2 aliphatic rings. The van der Waals surface area contributed by atoms with Gasteiger partial charge in [0.15, 0.2) is 5.69 Å². The summed E-state index contributed by atoms with van der Waals surface area (Å²) in [6.07, 6.45) is 7.21. The summed E-state index contributed by atoms with van der Waals surface area (Å²) in [5, 5.41) is 7.33. The molecule has 0 unspecified atom stereocenters. The molecular formula is C14H20BrN3O. The summed E-state index contributed by atoms with van der Waals surface area (Å²) in [6, 6.07) is 0.247. The molecule has 3 rings (SSSR count). The molecule has 104 valence electrons. The van der Waals surface area contributed by atoms with Crippen LogP contribution in [-0.2, 0) is 7.05 Å². The first-order valence-corrected chi connectivity index (χ1v) is 7.84. The molecule has 4 atom stereocenters. The highest BCUT2D eigenvalue weighted by molar-refractivity contribution is 9.10. The average Bonchev–Trinajstić information content (AvgIpc) is 3.03. The molecule has 1 aromatic rings. The van der Waals surface area contributed by atoms with Crippen LogP contribution in [0.25, 0.3) is 0 Å². The highest BCUT2D eigenvalue weighted by Crippen LogP contribution is 2.49. The number of fused-ring (bicyclic) bond motifs is 2. The zero-order chi connectivity index (χ0) is 13.6. The van der Waals surface area contributed by atoms with Crippen LogP contribution in [0.2, 0.25) is 0 Å². The molecule has 1 amide bonds. The molecule has 5 heteroatoms. The van der Waals surface area contributed by atoms with E-state index in [-0.39, 0.29) is 11.9 Å². The number of rotatable bonds is 3. The third-order valence-corrected chi connectivity index (χ3v) is 5.37. The Morgan fingerprint density at radius 2 is 2.32 bits per heavy atom. The van der Waals surface area contributed by atoms with Gasteiger partial charge in [-0.1, -0.05) is 6.42 Å². The summed E-state index contributed by atoms with van der Waals surface area (Å²) in [7, 11) is 1.82. The van der Waals surface area contributed by atoms with E-state index in [0.717, 1.165) is 16.3 Å². The van der Waals surface area contributed by atoms with E-state index in [1.807, 2.05) is 7.05 Å². The van der Waals surface area contributed by atoms with Gasteiger partial charge in [0.05, 0.1) is 4.47 Å². The zero-order valence-electron chi connectivity index (χ0n) is 11.4. The highest BCUT2D eigenvalue weighted by atomic mass is 79.9. The van der Waals surface area contributed by atoms with Gasteiger partial charge in [-0.3, -0.25) is 9.48 Å². The lowest BCUT2D eigenvalue weighted by Crippen LogP contribution is -2.40. The summed E-state index contributed by atoms with van der Waals surface area (Å²) in [5.41, 5.74) is 0.484. The fourth-order valence-corrected chi connectivity index (χ4v) is 4.46. The molecule has 2 fully saturated rings. The van der Waals surface area contributed by atoms with Crippen molar-refractivity contribution < 1.29 is 4.79 Å². The summed E-state index contributed by atoms with van der Waals surface area (Å²) in [6.45, 7) is 2.14. The first kappa shape index (κ1) is 13.2. The van der Waals surface area contributed by atoms with Gasteiger partial charge in [0.2, 0.25) is 0 Å². The maximum atomic E-state index is 12.2. The third kappa shape index (κ3) is 2.45. The topological polar surface area (TPSA) is 46.9 Å². The number of nitrogens with zero attached hydrogens (tertiary/aromatic N) is 2. The fourth-order valence-electron chi connectivity index (χ4n) is 3.90. The molecule has 2 bridgehead atoms. The van der Waals surface area contributed by atoms with Crippen LogP contribution in [0.4, 0.5) is 0 Å². The first-order valence-electron chi connectivity index (χ1n) is 7.04. The molecule has 0 saturated heterocycles. The standard InChI is InChI=1S/C14H20BrN3O/c1-8(11-6-9-3-4-10(11)5-9)16-14(19)13-12(15)7-18(2)17-13/h7-11H,3-6H2,1-2H3,(H,16,19)/t8-,9+,10+,11+/m1/s1. The van der Waals surface area contributed by atoms with Crippen LogP contribution in [0.5, 0.6) is 0 Å². The summed E-state index contributed by atoms with van der Waals surface area (Å²) in [5.74, 6) is 2.33. The number of carbonyl (C=O) groups excluding carboxylic acids is 1. The van der Waals surface area contributed by atoms with Crippen molar-refractivity contribution >= 4 is 21.8 Å². The second-order valence-electron chi connectivity index (χ2n) is 6.10. The molecule has 0 aliphatic heterocycles. The molecular weight excluding hydrogens is 306 g/mol. The van der Waals surface area contributed by atoms with Gasteiger partial charge in [0, 0.05) is 19.3 Å². The molecule has 1 aromatic heterocycles. The van der Waals surface area contributed by atoms with Crippen LogP contribution in [0.15, 0.2) is 10.7 Å². The van der Waals surface area contributed by atoms with Gasteiger partial charge in [0.25, 0.3) is 5.91 Å². The highest BCUT2D eigenvalue weighted by Gasteiger charge is 2.42. The van der Waals surface area contributed by atoms with E-state index in [1.54, 1.807) is 10.9 Å². The number of halogens is 1.